The summed E-state index contributed by atoms with van der Waals surface area (Å²) in [5.41, 5.74) is 2.78. The molecular formula is C18H32N2O. The first-order chi connectivity index (χ1) is 10.1. The molecule has 0 aromatic heterocycles. The lowest BCUT2D eigenvalue weighted by Gasteiger charge is -2.28. The fourth-order valence-corrected chi connectivity index (χ4v) is 2.53. The second-order valence-corrected chi connectivity index (χ2v) is 5.92. The van der Waals surface area contributed by atoms with Gasteiger partial charge in [-0.05, 0) is 37.4 Å². The minimum absolute atomic E-state index is 0.559. The summed E-state index contributed by atoms with van der Waals surface area (Å²) in [6, 6.07) is 9.65. The molecule has 3 nitrogen and oxygen atoms in total. The van der Waals surface area contributed by atoms with Crippen molar-refractivity contribution in [1.29, 1.82) is 0 Å². The number of methoxy groups -OCH3 is 1. The number of nitrogens with one attached hydrogen (secondary N) is 1. The highest BCUT2D eigenvalue weighted by molar-refractivity contribution is 5.25. The van der Waals surface area contributed by atoms with E-state index in [1.807, 2.05) is 7.05 Å². The predicted octanol–water partition coefficient (Wildman–Crippen LogP) is 3.26. The van der Waals surface area contributed by atoms with Crippen molar-refractivity contribution >= 4 is 0 Å². The van der Waals surface area contributed by atoms with Gasteiger partial charge in [0.25, 0.3) is 0 Å². The van der Waals surface area contributed by atoms with Crippen molar-refractivity contribution in [2.45, 2.75) is 45.7 Å². The van der Waals surface area contributed by atoms with E-state index < -0.39 is 0 Å². The van der Waals surface area contributed by atoms with Crippen molar-refractivity contribution in [1.82, 2.24) is 10.2 Å². The van der Waals surface area contributed by atoms with Crippen LogP contribution in [0.4, 0.5) is 0 Å². The Morgan fingerprint density at radius 2 is 1.86 bits per heavy atom. The van der Waals surface area contributed by atoms with Crippen LogP contribution < -0.4 is 5.32 Å². The topological polar surface area (TPSA) is 24.5 Å². The molecule has 0 aliphatic carbocycles. The van der Waals surface area contributed by atoms with Gasteiger partial charge in [0.05, 0.1) is 6.61 Å². The standard InChI is InChI=1S/C18H32N2O/c1-6-16(3)20(11-12-21-5)14-17-7-9-18(10-8-17)15(2)13-19-4/h7-10,15-16,19H,6,11-14H2,1-5H3. The van der Waals surface area contributed by atoms with Crippen molar-refractivity contribution in [2.24, 2.45) is 0 Å². The summed E-state index contributed by atoms with van der Waals surface area (Å²) in [6.07, 6.45) is 1.17. The first-order valence-electron chi connectivity index (χ1n) is 8.08. The number of ether oxygens (including phenoxy) is 1. The molecule has 0 saturated heterocycles. The third kappa shape index (κ3) is 6.16. The molecule has 3 heteroatoms. The second kappa shape index (κ2) is 9.93. The van der Waals surface area contributed by atoms with E-state index in [0.717, 1.165) is 26.2 Å². The Bertz CT molecular complexity index is 377. The molecule has 1 N–H and O–H groups in total. The number of nitrogens with zero attached hydrogens (tertiary/aromatic N) is 1. The van der Waals surface area contributed by atoms with Gasteiger partial charge in [0.1, 0.15) is 0 Å². The van der Waals surface area contributed by atoms with E-state index in [9.17, 15) is 0 Å². The van der Waals surface area contributed by atoms with Gasteiger partial charge in [0, 0.05) is 32.8 Å². The van der Waals surface area contributed by atoms with Gasteiger partial charge in [-0.1, -0.05) is 38.1 Å². The van der Waals surface area contributed by atoms with Gasteiger partial charge in [-0.15, -0.1) is 0 Å². The molecule has 1 aromatic carbocycles. The average Bonchev–Trinajstić information content (AvgIpc) is 2.51. The van der Waals surface area contributed by atoms with Gasteiger partial charge in [-0.25, -0.2) is 0 Å². The lowest BCUT2D eigenvalue weighted by Crippen LogP contribution is -2.34. The molecule has 0 aliphatic heterocycles. The fourth-order valence-electron chi connectivity index (χ4n) is 2.53. The van der Waals surface area contributed by atoms with Crippen LogP contribution in [0.15, 0.2) is 24.3 Å². The van der Waals surface area contributed by atoms with E-state index in [-0.39, 0.29) is 0 Å². The first kappa shape index (κ1) is 18.1. The zero-order valence-electron chi connectivity index (χ0n) is 14.4. The van der Waals surface area contributed by atoms with Crippen LogP contribution in [0.1, 0.15) is 44.2 Å². The molecule has 0 aliphatic rings. The molecule has 1 rings (SSSR count). The van der Waals surface area contributed by atoms with Crippen LogP contribution in [0, 0.1) is 0 Å². The minimum atomic E-state index is 0.559. The molecule has 0 spiro atoms. The Morgan fingerprint density at radius 3 is 2.38 bits per heavy atom. The summed E-state index contributed by atoms with van der Waals surface area (Å²) in [7, 11) is 3.78. The average molecular weight is 292 g/mol. The van der Waals surface area contributed by atoms with E-state index in [1.54, 1.807) is 7.11 Å². The van der Waals surface area contributed by atoms with Crippen molar-refractivity contribution in [2.75, 3.05) is 33.9 Å². The number of likely N-dealkylation sites (N-methyl/N-ethyl adjacent to an activating group) is 1. The highest BCUT2D eigenvalue weighted by atomic mass is 16.5. The molecule has 2 unspecified atom stereocenters. The van der Waals surface area contributed by atoms with Gasteiger partial charge < -0.3 is 10.1 Å². The molecule has 0 bridgehead atoms. The Balaban J connectivity index is 2.66. The van der Waals surface area contributed by atoms with Crippen LogP contribution in [-0.4, -0.2) is 44.8 Å². The van der Waals surface area contributed by atoms with Gasteiger partial charge in [-0.3, -0.25) is 4.90 Å². The van der Waals surface area contributed by atoms with Gasteiger partial charge in [0.15, 0.2) is 0 Å². The van der Waals surface area contributed by atoms with Crippen LogP contribution in [0.2, 0.25) is 0 Å². The minimum Gasteiger partial charge on any atom is -0.383 e. The fraction of sp³-hybridized carbons (Fsp3) is 0.667. The van der Waals surface area contributed by atoms with Crippen LogP contribution in [0.5, 0.6) is 0 Å². The Morgan fingerprint density at radius 1 is 1.19 bits per heavy atom. The quantitative estimate of drug-likeness (QED) is 0.716. The van der Waals surface area contributed by atoms with E-state index in [2.05, 4.69) is 55.3 Å². The van der Waals surface area contributed by atoms with Crippen molar-refractivity contribution < 1.29 is 4.74 Å². The predicted molar refractivity (Wildman–Crippen MR) is 90.8 cm³/mol. The summed E-state index contributed by atoms with van der Waals surface area (Å²) in [6.45, 7) is 10.6. The third-order valence-corrected chi connectivity index (χ3v) is 4.24. The summed E-state index contributed by atoms with van der Waals surface area (Å²) >= 11 is 0. The maximum absolute atomic E-state index is 5.23. The Hall–Kier alpha value is -0.900. The molecule has 1 aromatic rings. The monoisotopic (exact) mass is 292 g/mol. The lowest BCUT2D eigenvalue weighted by atomic mass is 9.99. The van der Waals surface area contributed by atoms with E-state index in [4.69, 9.17) is 4.74 Å². The van der Waals surface area contributed by atoms with Crippen molar-refractivity contribution in [3.8, 4) is 0 Å². The molecule has 0 saturated carbocycles. The molecule has 120 valence electrons. The molecule has 0 amide bonds. The van der Waals surface area contributed by atoms with E-state index in [0.29, 0.717) is 12.0 Å². The zero-order valence-corrected chi connectivity index (χ0v) is 14.4. The molecule has 0 fully saturated rings. The Kier molecular flexibility index (Phi) is 8.58. The van der Waals surface area contributed by atoms with E-state index >= 15 is 0 Å². The second-order valence-electron chi connectivity index (χ2n) is 5.92. The summed E-state index contributed by atoms with van der Waals surface area (Å²) < 4.78 is 5.23. The first-order valence-corrected chi connectivity index (χ1v) is 8.08. The van der Waals surface area contributed by atoms with E-state index in [1.165, 1.54) is 17.5 Å². The van der Waals surface area contributed by atoms with Crippen LogP contribution >= 0.6 is 0 Å². The highest BCUT2D eigenvalue weighted by Gasteiger charge is 2.12. The summed E-state index contributed by atoms with van der Waals surface area (Å²) in [5, 5.41) is 3.24. The summed E-state index contributed by atoms with van der Waals surface area (Å²) in [4.78, 5) is 2.50. The molecule has 0 radical (unpaired) electrons. The third-order valence-electron chi connectivity index (χ3n) is 4.24. The smallest absolute Gasteiger partial charge is 0.0589 e. The Labute approximate surface area is 130 Å². The highest BCUT2D eigenvalue weighted by Crippen LogP contribution is 2.17. The van der Waals surface area contributed by atoms with Crippen molar-refractivity contribution in [3.63, 3.8) is 0 Å². The van der Waals surface area contributed by atoms with Crippen LogP contribution in [0.25, 0.3) is 0 Å². The maximum Gasteiger partial charge on any atom is 0.0589 e. The zero-order chi connectivity index (χ0) is 15.7. The summed E-state index contributed by atoms with van der Waals surface area (Å²) in [5.74, 6) is 0.559. The molecule has 2 atom stereocenters. The number of hydrogen-bond donors (Lipinski definition) is 1. The normalized spacial score (nSPS) is 14.4. The lowest BCUT2D eigenvalue weighted by molar-refractivity contribution is 0.118. The van der Waals surface area contributed by atoms with Crippen LogP contribution in [0.3, 0.4) is 0 Å². The maximum atomic E-state index is 5.23. The SMILES string of the molecule is CCC(C)N(CCOC)Cc1ccc(C(C)CNC)cc1. The number of rotatable bonds is 10. The number of hydrogen-bond acceptors (Lipinski definition) is 3. The van der Waals surface area contributed by atoms with Crippen LogP contribution in [-0.2, 0) is 11.3 Å². The van der Waals surface area contributed by atoms with Gasteiger partial charge in [-0.2, -0.15) is 0 Å². The number of benzene rings is 1. The van der Waals surface area contributed by atoms with Gasteiger partial charge >= 0.3 is 0 Å². The molecule has 21 heavy (non-hydrogen) atoms. The van der Waals surface area contributed by atoms with Gasteiger partial charge in [0.2, 0.25) is 0 Å². The molecule has 0 heterocycles. The largest absolute Gasteiger partial charge is 0.383 e. The van der Waals surface area contributed by atoms with Crippen molar-refractivity contribution in [3.05, 3.63) is 35.4 Å². The molecular weight excluding hydrogens is 260 g/mol.